The Morgan fingerprint density at radius 2 is 2.18 bits per heavy atom. The number of hydrogen-bond acceptors (Lipinski definition) is 4. The second-order valence-electron chi connectivity index (χ2n) is 5.34. The van der Waals surface area contributed by atoms with Crippen molar-refractivity contribution in [2.75, 3.05) is 20.1 Å². The molecular weight excluding hydrogens is 230 g/mol. The van der Waals surface area contributed by atoms with Crippen LogP contribution in [0.25, 0.3) is 0 Å². The Morgan fingerprint density at radius 1 is 1.47 bits per heavy atom. The molecule has 0 N–H and O–H groups in total. The fraction of sp³-hybridized carbons (Fsp3) is 0.692. The number of likely N-dealkylation sites (tertiary alicyclic amines) is 1. The van der Waals surface area contributed by atoms with E-state index in [1.54, 1.807) is 11.3 Å². The maximum Gasteiger partial charge on any atom is 0.100 e. The summed E-state index contributed by atoms with van der Waals surface area (Å²) >= 11 is 1.76. The molecule has 3 nitrogen and oxygen atoms in total. The highest BCUT2D eigenvalue weighted by Crippen LogP contribution is 2.48. The molecule has 0 unspecified atom stereocenters. The van der Waals surface area contributed by atoms with Gasteiger partial charge in [0.1, 0.15) is 5.41 Å². The van der Waals surface area contributed by atoms with Crippen molar-refractivity contribution in [2.24, 2.45) is 0 Å². The summed E-state index contributed by atoms with van der Waals surface area (Å²) in [6.07, 6.45) is 4.42. The van der Waals surface area contributed by atoms with Crippen molar-refractivity contribution in [3.8, 4) is 6.07 Å². The first kappa shape index (κ1) is 11.2. The average Bonchev–Trinajstić information content (AvgIpc) is 3.00. The van der Waals surface area contributed by atoms with Gasteiger partial charge in [0, 0.05) is 11.3 Å². The molecule has 90 valence electrons. The van der Waals surface area contributed by atoms with E-state index in [0.29, 0.717) is 5.92 Å². The number of rotatable bonds is 2. The quantitative estimate of drug-likeness (QED) is 0.806. The first-order valence-electron chi connectivity index (χ1n) is 6.29. The number of nitrogens with zero attached hydrogens (tertiary/aromatic N) is 3. The molecule has 0 bridgehead atoms. The van der Waals surface area contributed by atoms with Gasteiger partial charge < -0.3 is 4.90 Å². The van der Waals surface area contributed by atoms with Crippen LogP contribution in [0.2, 0.25) is 0 Å². The van der Waals surface area contributed by atoms with E-state index in [2.05, 4.69) is 23.4 Å². The molecule has 17 heavy (non-hydrogen) atoms. The Hall–Kier alpha value is -0.920. The van der Waals surface area contributed by atoms with Crippen LogP contribution in [0.5, 0.6) is 0 Å². The lowest BCUT2D eigenvalue weighted by Crippen LogP contribution is -2.29. The van der Waals surface area contributed by atoms with Crippen molar-refractivity contribution in [1.82, 2.24) is 9.88 Å². The lowest BCUT2D eigenvalue weighted by Gasteiger charge is -2.27. The van der Waals surface area contributed by atoms with E-state index in [0.717, 1.165) is 18.5 Å². The van der Waals surface area contributed by atoms with Crippen LogP contribution >= 0.6 is 11.3 Å². The van der Waals surface area contributed by atoms with Crippen LogP contribution in [0, 0.1) is 11.3 Å². The average molecular weight is 247 g/mol. The summed E-state index contributed by atoms with van der Waals surface area (Å²) in [5.41, 5.74) is 0.833. The second-order valence-corrected chi connectivity index (χ2v) is 6.23. The highest BCUT2D eigenvalue weighted by atomic mass is 32.1. The van der Waals surface area contributed by atoms with Crippen molar-refractivity contribution < 1.29 is 0 Å². The Kier molecular flexibility index (Phi) is 2.68. The summed E-state index contributed by atoms with van der Waals surface area (Å²) in [5.74, 6) is 0.624. The fourth-order valence-electron chi connectivity index (χ4n) is 2.50. The molecule has 0 radical (unpaired) electrons. The van der Waals surface area contributed by atoms with Crippen molar-refractivity contribution >= 4 is 11.3 Å². The van der Waals surface area contributed by atoms with Crippen molar-refractivity contribution in [1.29, 1.82) is 5.26 Å². The molecule has 0 amide bonds. The molecule has 2 fully saturated rings. The summed E-state index contributed by atoms with van der Waals surface area (Å²) in [4.78, 5) is 7.12. The molecule has 1 aliphatic carbocycles. The van der Waals surface area contributed by atoms with E-state index in [1.807, 2.05) is 0 Å². The zero-order chi connectivity index (χ0) is 11.9. The molecule has 1 aliphatic heterocycles. The van der Waals surface area contributed by atoms with Crippen molar-refractivity contribution in [3.05, 3.63) is 16.1 Å². The van der Waals surface area contributed by atoms with Gasteiger partial charge in [-0.05, 0) is 45.8 Å². The predicted octanol–water partition coefficient (Wildman–Crippen LogP) is 2.51. The molecule has 1 saturated carbocycles. The maximum atomic E-state index is 9.17. The largest absolute Gasteiger partial charge is 0.306 e. The van der Waals surface area contributed by atoms with Gasteiger partial charge in [0.05, 0.1) is 16.8 Å². The number of thiazole rings is 1. The van der Waals surface area contributed by atoms with Crippen LogP contribution in [0.3, 0.4) is 0 Å². The van der Waals surface area contributed by atoms with Gasteiger partial charge in [-0.2, -0.15) is 5.26 Å². The molecule has 2 heterocycles. The Balaban J connectivity index is 1.75. The highest BCUT2D eigenvalue weighted by molar-refractivity contribution is 7.09. The molecule has 3 rings (SSSR count). The number of aromatic nitrogens is 1. The molecule has 1 saturated heterocycles. The van der Waals surface area contributed by atoms with Crippen molar-refractivity contribution in [3.63, 3.8) is 0 Å². The summed E-state index contributed by atoms with van der Waals surface area (Å²) < 4.78 is 0. The topological polar surface area (TPSA) is 39.9 Å². The van der Waals surface area contributed by atoms with Gasteiger partial charge >= 0.3 is 0 Å². The third-order valence-corrected chi connectivity index (χ3v) is 5.05. The van der Waals surface area contributed by atoms with E-state index in [1.165, 1.54) is 30.9 Å². The number of hydrogen-bond donors (Lipinski definition) is 0. The van der Waals surface area contributed by atoms with Gasteiger partial charge in [0.25, 0.3) is 0 Å². The van der Waals surface area contributed by atoms with E-state index in [9.17, 15) is 5.26 Å². The minimum absolute atomic E-state index is 0.208. The van der Waals surface area contributed by atoms with Gasteiger partial charge in [-0.3, -0.25) is 0 Å². The summed E-state index contributed by atoms with van der Waals surface area (Å²) in [5, 5.41) is 12.5. The minimum atomic E-state index is -0.208. The molecule has 0 atom stereocenters. The van der Waals surface area contributed by atoms with Gasteiger partial charge in [-0.1, -0.05) is 0 Å². The van der Waals surface area contributed by atoms with Crippen LogP contribution in [0.1, 0.15) is 42.3 Å². The maximum absolute atomic E-state index is 9.17. The molecule has 1 aromatic heterocycles. The molecule has 4 heteroatoms. The van der Waals surface area contributed by atoms with Crippen LogP contribution in [0.15, 0.2) is 5.38 Å². The van der Waals surface area contributed by atoms with E-state index in [-0.39, 0.29) is 5.41 Å². The smallest absolute Gasteiger partial charge is 0.100 e. The molecule has 0 aromatic carbocycles. The second kappa shape index (κ2) is 4.08. The van der Waals surface area contributed by atoms with Crippen molar-refractivity contribution in [2.45, 2.75) is 37.0 Å². The normalized spacial score (nSPS) is 24.5. The summed E-state index contributed by atoms with van der Waals surface area (Å²) in [6, 6.07) is 2.43. The lowest BCUT2D eigenvalue weighted by molar-refractivity contribution is 0.255. The molecule has 0 spiro atoms. The zero-order valence-electron chi connectivity index (χ0n) is 10.1. The third-order valence-electron chi connectivity index (χ3n) is 4.04. The van der Waals surface area contributed by atoms with Gasteiger partial charge in [-0.15, -0.1) is 11.3 Å². The van der Waals surface area contributed by atoms with Gasteiger partial charge in [0.15, 0.2) is 0 Å². The number of piperidine rings is 1. The standard InChI is InChI=1S/C13H17N3S/c1-16-6-2-10(3-7-16)12-15-11(8-17-12)13(9-14)4-5-13/h8,10H,2-7H2,1H3. The number of nitriles is 1. The van der Waals surface area contributed by atoms with Crippen LogP contribution in [-0.4, -0.2) is 30.0 Å². The predicted molar refractivity (Wildman–Crippen MR) is 68.1 cm³/mol. The Labute approximate surface area is 106 Å². The fourth-order valence-corrected chi connectivity index (χ4v) is 3.59. The monoisotopic (exact) mass is 247 g/mol. The first-order valence-corrected chi connectivity index (χ1v) is 7.17. The van der Waals surface area contributed by atoms with E-state index >= 15 is 0 Å². The summed E-state index contributed by atoms with van der Waals surface area (Å²) in [6.45, 7) is 2.34. The van der Waals surface area contributed by atoms with E-state index < -0.39 is 0 Å². The van der Waals surface area contributed by atoms with Gasteiger partial charge in [0.2, 0.25) is 0 Å². The minimum Gasteiger partial charge on any atom is -0.306 e. The zero-order valence-corrected chi connectivity index (χ0v) is 11.0. The third kappa shape index (κ3) is 1.98. The Bertz CT molecular complexity index is 447. The van der Waals surface area contributed by atoms with Gasteiger partial charge in [-0.25, -0.2) is 4.98 Å². The first-order chi connectivity index (χ1) is 8.23. The summed E-state index contributed by atoms with van der Waals surface area (Å²) in [7, 11) is 2.18. The molecule has 1 aromatic rings. The van der Waals surface area contributed by atoms with Crippen LogP contribution in [0.4, 0.5) is 0 Å². The molecule has 2 aliphatic rings. The van der Waals surface area contributed by atoms with Crippen LogP contribution in [-0.2, 0) is 5.41 Å². The Morgan fingerprint density at radius 3 is 2.76 bits per heavy atom. The SMILES string of the molecule is CN1CCC(c2nc(C3(C#N)CC3)cs2)CC1. The lowest BCUT2D eigenvalue weighted by atomic mass is 9.98. The van der Waals surface area contributed by atoms with Crippen LogP contribution < -0.4 is 0 Å². The van der Waals surface area contributed by atoms with E-state index in [4.69, 9.17) is 4.98 Å². The highest BCUT2D eigenvalue weighted by Gasteiger charge is 2.47. The molecular formula is C13H17N3S.